The molecule has 0 aromatic rings. The molecule has 0 aliphatic carbocycles. The van der Waals surface area contributed by atoms with Gasteiger partial charge in [-0.15, -0.1) is 0 Å². The molecule has 0 aromatic heterocycles. The number of ether oxygens (including phenoxy) is 2. The fourth-order valence-corrected chi connectivity index (χ4v) is 2.70. The van der Waals surface area contributed by atoms with E-state index < -0.39 is 0 Å². The van der Waals surface area contributed by atoms with Gasteiger partial charge in [-0.3, -0.25) is 4.90 Å². The first-order chi connectivity index (χ1) is 9.30. The van der Waals surface area contributed by atoms with Gasteiger partial charge in [0.15, 0.2) is 6.29 Å². The van der Waals surface area contributed by atoms with Gasteiger partial charge < -0.3 is 14.8 Å². The zero-order chi connectivity index (χ0) is 13.9. The Bertz CT molecular complexity index is 202. The highest BCUT2D eigenvalue weighted by Gasteiger charge is 2.19. The van der Waals surface area contributed by atoms with E-state index in [1.165, 1.54) is 32.2 Å². The number of rotatable bonds is 10. The van der Waals surface area contributed by atoms with Crippen LogP contribution in [-0.2, 0) is 9.47 Å². The Morgan fingerprint density at radius 3 is 2.42 bits per heavy atom. The summed E-state index contributed by atoms with van der Waals surface area (Å²) in [4.78, 5) is 2.49. The minimum absolute atomic E-state index is 0.0786. The average Bonchev–Trinajstić information content (AvgIpc) is 2.41. The van der Waals surface area contributed by atoms with Crippen LogP contribution in [0.2, 0.25) is 0 Å². The van der Waals surface area contributed by atoms with Crippen molar-refractivity contribution in [2.75, 3.05) is 39.4 Å². The molecule has 0 aromatic carbocycles. The van der Waals surface area contributed by atoms with E-state index in [0.29, 0.717) is 19.3 Å². The molecular weight excluding hydrogens is 240 g/mol. The van der Waals surface area contributed by atoms with Crippen LogP contribution in [0.5, 0.6) is 0 Å². The van der Waals surface area contributed by atoms with Crippen LogP contribution < -0.4 is 5.32 Å². The third-order valence-corrected chi connectivity index (χ3v) is 3.54. The van der Waals surface area contributed by atoms with Gasteiger partial charge in [-0.2, -0.15) is 0 Å². The van der Waals surface area contributed by atoms with E-state index in [1.807, 2.05) is 13.8 Å². The molecule has 1 unspecified atom stereocenters. The summed E-state index contributed by atoms with van der Waals surface area (Å²) in [7, 11) is 0. The summed E-state index contributed by atoms with van der Waals surface area (Å²) in [6.07, 6.45) is 5.08. The number of nitrogens with zero attached hydrogens (tertiary/aromatic N) is 1. The number of piperidine rings is 1. The number of hydrogen-bond acceptors (Lipinski definition) is 4. The third kappa shape index (κ3) is 7.25. The highest BCUT2D eigenvalue weighted by Crippen LogP contribution is 2.10. The Balaban J connectivity index is 2.39. The SMILES string of the molecule is CCCN(CC1CCCCN1)CC(OCC)OCC. The predicted octanol–water partition coefficient (Wildman–Crippen LogP) is 2.24. The largest absolute Gasteiger partial charge is 0.352 e. The predicted molar refractivity (Wildman–Crippen MR) is 79.4 cm³/mol. The van der Waals surface area contributed by atoms with Gasteiger partial charge in [-0.05, 0) is 46.2 Å². The Morgan fingerprint density at radius 1 is 1.16 bits per heavy atom. The van der Waals surface area contributed by atoms with E-state index in [1.54, 1.807) is 0 Å². The quantitative estimate of drug-likeness (QED) is 0.618. The molecule has 0 bridgehead atoms. The maximum atomic E-state index is 5.66. The molecule has 19 heavy (non-hydrogen) atoms. The maximum Gasteiger partial charge on any atom is 0.170 e. The molecule has 1 heterocycles. The lowest BCUT2D eigenvalue weighted by atomic mass is 10.0. The second-order valence-corrected chi connectivity index (χ2v) is 5.25. The molecule has 4 nitrogen and oxygen atoms in total. The number of nitrogens with one attached hydrogen (secondary N) is 1. The maximum absolute atomic E-state index is 5.66. The van der Waals surface area contributed by atoms with Crippen molar-refractivity contribution < 1.29 is 9.47 Å². The van der Waals surface area contributed by atoms with Gasteiger partial charge in [0.1, 0.15) is 0 Å². The van der Waals surface area contributed by atoms with Crippen LogP contribution in [-0.4, -0.2) is 56.6 Å². The topological polar surface area (TPSA) is 33.7 Å². The van der Waals surface area contributed by atoms with Crippen molar-refractivity contribution in [3.63, 3.8) is 0 Å². The van der Waals surface area contributed by atoms with Crippen LogP contribution in [0.1, 0.15) is 46.5 Å². The van der Waals surface area contributed by atoms with Crippen LogP contribution >= 0.6 is 0 Å². The van der Waals surface area contributed by atoms with Gasteiger partial charge in [-0.25, -0.2) is 0 Å². The van der Waals surface area contributed by atoms with Gasteiger partial charge in [0.05, 0.1) is 0 Å². The van der Waals surface area contributed by atoms with Crippen molar-refractivity contribution in [2.24, 2.45) is 0 Å². The summed E-state index contributed by atoms with van der Waals surface area (Å²) >= 11 is 0. The summed E-state index contributed by atoms with van der Waals surface area (Å²) in [6.45, 7) is 12.0. The van der Waals surface area contributed by atoms with Crippen molar-refractivity contribution >= 4 is 0 Å². The molecule has 4 heteroatoms. The zero-order valence-corrected chi connectivity index (χ0v) is 13.0. The second-order valence-electron chi connectivity index (χ2n) is 5.25. The normalized spacial score (nSPS) is 20.4. The van der Waals surface area contributed by atoms with Crippen LogP contribution in [0.15, 0.2) is 0 Å². The molecule has 1 fully saturated rings. The first-order valence-corrected chi connectivity index (χ1v) is 7.99. The van der Waals surface area contributed by atoms with Crippen LogP contribution in [0.4, 0.5) is 0 Å². The van der Waals surface area contributed by atoms with Crippen LogP contribution in [0.3, 0.4) is 0 Å². The lowest BCUT2D eigenvalue weighted by Gasteiger charge is -2.32. The van der Waals surface area contributed by atoms with Crippen LogP contribution in [0.25, 0.3) is 0 Å². The molecule has 1 rings (SSSR count). The van der Waals surface area contributed by atoms with Crippen molar-refractivity contribution in [2.45, 2.75) is 58.8 Å². The van der Waals surface area contributed by atoms with Gasteiger partial charge in [0.2, 0.25) is 0 Å². The molecule has 1 atom stereocenters. The fourth-order valence-electron chi connectivity index (χ4n) is 2.70. The molecule has 0 saturated carbocycles. The molecule has 0 spiro atoms. The molecule has 0 amide bonds. The van der Waals surface area contributed by atoms with Crippen molar-refractivity contribution in [1.29, 1.82) is 0 Å². The van der Waals surface area contributed by atoms with Gasteiger partial charge >= 0.3 is 0 Å². The minimum atomic E-state index is -0.0786. The summed E-state index contributed by atoms with van der Waals surface area (Å²) in [5.41, 5.74) is 0. The van der Waals surface area contributed by atoms with E-state index in [-0.39, 0.29) is 6.29 Å². The zero-order valence-electron chi connectivity index (χ0n) is 13.0. The van der Waals surface area contributed by atoms with E-state index in [9.17, 15) is 0 Å². The smallest absolute Gasteiger partial charge is 0.170 e. The van der Waals surface area contributed by atoms with Crippen molar-refractivity contribution in [3.05, 3.63) is 0 Å². The first-order valence-electron chi connectivity index (χ1n) is 7.99. The van der Waals surface area contributed by atoms with Crippen molar-refractivity contribution in [1.82, 2.24) is 10.2 Å². The highest BCUT2D eigenvalue weighted by atomic mass is 16.7. The van der Waals surface area contributed by atoms with Crippen molar-refractivity contribution in [3.8, 4) is 0 Å². The first kappa shape index (κ1) is 16.9. The Kier molecular flexibility index (Phi) is 9.43. The van der Waals surface area contributed by atoms with E-state index in [0.717, 1.165) is 19.6 Å². The summed E-state index contributed by atoms with van der Waals surface area (Å²) in [5, 5.41) is 3.62. The Labute approximate surface area is 118 Å². The second kappa shape index (κ2) is 10.6. The van der Waals surface area contributed by atoms with Gasteiger partial charge in [0, 0.05) is 32.3 Å². The molecule has 1 aliphatic rings. The van der Waals surface area contributed by atoms with Gasteiger partial charge in [-0.1, -0.05) is 13.3 Å². The Morgan fingerprint density at radius 2 is 1.89 bits per heavy atom. The van der Waals surface area contributed by atoms with Gasteiger partial charge in [0.25, 0.3) is 0 Å². The standard InChI is InChI=1S/C15H32N2O2/c1-4-11-17(12-14-9-7-8-10-16-14)13-15(18-5-2)19-6-3/h14-16H,4-13H2,1-3H3. The summed E-state index contributed by atoms with van der Waals surface area (Å²) in [6, 6.07) is 0.643. The third-order valence-electron chi connectivity index (χ3n) is 3.54. The monoisotopic (exact) mass is 272 g/mol. The lowest BCUT2D eigenvalue weighted by Crippen LogP contribution is -2.46. The van der Waals surface area contributed by atoms with E-state index >= 15 is 0 Å². The highest BCUT2D eigenvalue weighted by molar-refractivity contribution is 4.76. The molecule has 1 saturated heterocycles. The summed E-state index contributed by atoms with van der Waals surface area (Å²) in [5.74, 6) is 0. The molecule has 1 N–H and O–H groups in total. The molecule has 1 aliphatic heterocycles. The summed E-state index contributed by atoms with van der Waals surface area (Å²) < 4.78 is 11.3. The number of hydrogen-bond donors (Lipinski definition) is 1. The molecule has 0 radical (unpaired) electrons. The molecule has 114 valence electrons. The molecular formula is C15H32N2O2. The van der Waals surface area contributed by atoms with Crippen LogP contribution in [0, 0.1) is 0 Å². The van der Waals surface area contributed by atoms with E-state index in [2.05, 4.69) is 17.1 Å². The average molecular weight is 272 g/mol. The minimum Gasteiger partial charge on any atom is -0.352 e. The lowest BCUT2D eigenvalue weighted by molar-refractivity contribution is -0.147. The Hall–Kier alpha value is -0.160. The van der Waals surface area contributed by atoms with E-state index in [4.69, 9.17) is 9.47 Å². The fraction of sp³-hybridized carbons (Fsp3) is 1.00.